The second-order valence-electron chi connectivity index (χ2n) is 6.15. The van der Waals surface area contributed by atoms with Gasteiger partial charge >= 0.3 is 0 Å². The van der Waals surface area contributed by atoms with Crippen LogP contribution in [0, 0.1) is 19.7 Å². The number of carbonyl (C=O) groups excluding carboxylic acids is 1. The van der Waals surface area contributed by atoms with Gasteiger partial charge in [-0.1, -0.05) is 29.8 Å². The minimum absolute atomic E-state index is 0.221. The van der Waals surface area contributed by atoms with Crippen molar-refractivity contribution < 1.29 is 9.18 Å². The van der Waals surface area contributed by atoms with E-state index < -0.39 is 0 Å². The lowest BCUT2D eigenvalue weighted by atomic mass is 10.1. The Labute approximate surface area is 156 Å². The summed E-state index contributed by atoms with van der Waals surface area (Å²) < 4.78 is 14.8. The average Bonchev–Trinajstić information content (AvgIpc) is 2.90. The number of nitrogens with zero attached hydrogens (tertiary/aromatic N) is 2. The molecule has 1 unspecified atom stereocenters. The highest BCUT2D eigenvalue weighted by atomic mass is 35.5. The molecular formula is C20H19ClFN3O. The zero-order valence-electron chi connectivity index (χ0n) is 14.8. The predicted octanol–water partition coefficient (Wildman–Crippen LogP) is 4.77. The summed E-state index contributed by atoms with van der Waals surface area (Å²) in [5, 5.41) is 8.02. The molecule has 0 aliphatic carbocycles. The fourth-order valence-corrected chi connectivity index (χ4v) is 3.28. The van der Waals surface area contributed by atoms with Crippen molar-refractivity contribution in [1.82, 2.24) is 15.1 Å². The van der Waals surface area contributed by atoms with Gasteiger partial charge < -0.3 is 5.32 Å². The molecule has 0 bridgehead atoms. The van der Waals surface area contributed by atoms with Crippen LogP contribution in [0.15, 0.2) is 48.5 Å². The zero-order valence-corrected chi connectivity index (χ0v) is 15.5. The van der Waals surface area contributed by atoms with Crippen LogP contribution in [-0.4, -0.2) is 15.7 Å². The second-order valence-corrected chi connectivity index (χ2v) is 6.56. The highest BCUT2D eigenvalue weighted by Crippen LogP contribution is 2.24. The van der Waals surface area contributed by atoms with Gasteiger partial charge in [0, 0.05) is 5.02 Å². The largest absolute Gasteiger partial charge is 0.345 e. The molecule has 0 saturated heterocycles. The van der Waals surface area contributed by atoms with Crippen LogP contribution < -0.4 is 5.32 Å². The van der Waals surface area contributed by atoms with Crippen LogP contribution in [0.5, 0.6) is 0 Å². The summed E-state index contributed by atoms with van der Waals surface area (Å²) in [6.07, 6.45) is 0. The first-order chi connectivity index (χ1) is 12.4. The first kappa shape index (κ1) is 18.1. The summed E-state index contributed by atoms with van der Waals surface area (Å²) in [5.41, 5.74) is 3.36. The maximum absolute atomic E-state index is 13.1. The van der Waals surface area contributed by atoms with E-state index in [1.165, 1.54) is 12.1 Å². The highest BCUT2D eigenvalue weighted by Gasteiger charge is 2.21. The van der Waals surface area contributed by atoms with E-state index in [9.17, 15) is 9.18 Å². The molecule has 3 rings (SSSR count). The van der Waals surface area contributed by atoms with Crippen LogP contribution in [-0.2, 0) is 0 Å². The van der Waals surface area contributed by atoms with E-state index in [2.05, 4.69) is 10.4 Å². The number of aromatic nitrogens is 2. The molecule has 1 aromatic heterocycles. The number of aryl methyl sites for hydroxylation is 1. The van der Waals surface area contributed by atoms with E-state index in [-0.39, 0.29) is 17.8 Å². The molecule has 3 aromatic rings. The summed E-state index contributed by atoms with van der Waals surface area (Å²) in [4.78, 5) is 12.8. The Morgan fingerprint density at radius 3 is 2.46 bits per heavy atom. The van der Waals surface area contributed by atoms with Crippen LogP contribution in [0.1, 0.15) is 40.3 Å². The number of rotatable bonds is 4. The third-order valence-corrected chi connectivity index (χ3v) is 4.65. The predicted molar refractivity (Wildman–Crippen MR) is 100 cm³/mol. The van der Waals surface area contributed by atoms with Gasteiger partial charge in [0.05, 0.1) is 28.7 Å². The van der Waals surface area contributed by atoms with Crippen molar-refractivity contribution >= 4 is 17.5 Å². The van der Waals surface area contributed by atoms with Crippen molar-refractivity contribution in [3.63, 3.8) is 0 Å². The number of amides is 1. The molecule has 0 spiro atoms. The van der Waals surface area contributed by atoms with E-state index in [1.807, 2.05) is 32.0 Å². The Balaban J connectivity index is 1.88. The number of hydrogen-bond donors (Lipinski definition) is 1. The molecule has 26 heavy (non-hydrogen) atoms. The molecule has 0 aliphatic rings. The molecule has 2 aromatic carbocycles. The lowest BCUT2D eigenvalue weighted by Crippen LogP contribution is -2.27. The molecule has 0 aliphatic heterocycles. The van der Waals surface area contributed by atoms with Gasteiger partial charge in [-0.25, -0.2) is 9.07 Å². The number of hydrogen-bond acceptors (Lipinski definition) is 2. The molecule has 134 valence electrons. The van der Waals surface area contributed by atoms with Crippen LogP contribution >= 0.6 is 11.6 Å². The van der Waals surface area contributed by atoms with E-state index >= 15 is 0 Å². The lowest BCUT2D eigenvalue weighted by Gasteiger charge is -2.16. The maximum Gasteiger partial charge on any atom is 0.255 e. The Bertz CT molecular complexity index is 950. The molecule has 0 saturated carbocycles. The molecule has 1 atom stereocenters. The number of carbonyl (C=O) groups is 1. The fourth-order valence-electron chi connectivity index (χ4n) is 2.98. The van der Waals surface area contributed by atoms with Gasteiger partial charge in [0.2, 0.25) is 0 Å². The van der Waals surface area contributed by atoms with Gasteiger partial charge in [-0.3, -0.25) is 4.79 Å². The minimum Gasteiger partial charge on any atom is -0.345 e. The standard InChI is InChI=1S/C20H19ClFN3O/c1-12(17-6-4-5-7-18(17)21)23-20(26)19-13(2)24-25(14(19)3)16-10-8-15(22)9-11-16/h4-12H,1-3H3,(H,23,26). The fraction of sp³-hybridized carbons (Fsp3) is 0.200. The zero-order chi connectivity index (χ0) is 18.8. The van der Waals surface area contributed by atoms with Gasteiger partial charge in [0.1, 0.15) is 5.82 Å². The lowest BCUT2D eigenvalue weighted by molar-refractivity contribution is 0.0938. The van der Waals surface area contributed by atoms with Crippen LogP contribution in [0.3, 0.4) is 0 Å². The first-order valence-electron chi connectivity index (χ1n) is 8.26. The Morgan fingerprint density at radius 1 is 1.15 bits per heavy atom. The summed E-state index contributed by atoms with van der Waals surface area (Å²) in [5.74, 6) is -0.539. The van der Waals surface area contributed by atoms with Crippen LogP contribution in [0.4, 0.5) is 4.39 Å². The molecular weight excluding hydrogens is 353 g/mol. The molecule has 0 radical (unpaired) electrons. The summed E-state index contributed by atoms with van der Waals surface area (Å²) in [6, 6.07) is 13.2. The van der Waals surface area contributed by atoms with Gasteiger partial charge in [0.25, 0.3) is 5.91 Å². The van der Waals surface area contributed by atoms with Gasteiger partial charge in [-0.05, 0) is 56.7 Å². The Morgan fingerprint density at radius 2 is 1.81 bits per heavy atom. The topological polar surface area (TPSA) is 46.9 Å². The number of halogens is 2. The van der Waals surface area contributed by atoms with Crippen molar-refractivity contribution in [3.8, 4) is 5.69 Å². The summed E-state index contributed by atoms with van der Waals surface area (Å²) in [6.45, 7) is 5.48. The van der Waals surface area contributed by atoms with Crippen LogP contribution in [0.25, 0.3) is 5.69 Å². The van der Waals surface area contributed by atoms with Crippen molar-refractivity contribution in [2.45, 2.75) is 26.8 Å². The summed E-state index contributed by atoms with van der Waals surface area (Å²) in [7, 11) is 0. The van der Waals surface area contributed by atoms with Crippen LogP contribution in [0.2, 0.25) is 5.02 Å². The van der Waals surface area contributed by atoms with Crippen molar-refractivity contribution in [3.05, 3.63) is 81.9 Å². The molecule has 1 N–H and O–H groups in total. The minimum atomic E-state index is -0.318. The molecule has 6 heteroatoms. The van der Waals surface area contributed by atoms with E-state index in [0.29, 0.717) is 27.7 Å². The third-order valence-electron chi connectivity index (χ3n) is 4.31. The van der Waals surface area contributed by atoms with Gasteiger partial charge in [-0.2, -0.15) is 5.10 Å². The van der Waals surface area contributed by atoms with E-state index in [4.69, 9.17) is 11.6 Å². The van der Waals surface area contributed by atoms with Crippen molar-refractivity contribution in [1.29, 1.82) is 0 Å². The molecule has 0 fully saturated rings. The number of benzene rings is 2. The molecule has 1 amide bonds. The Kier molecular flexibility index (Phi) is 5.09. The summed E-state index contributed by atoms with van der Waals surface area (Å²) >= 11 is 6.21. The van der Waals surface area contributed by atoms with E-state index in [0.717, 1.165) is 5.56 Å². The normalized spacial score (nSPS) is 12.0. The van der Waals surface area contributed by atoms with Gasteiger partial charge in [0.15, 0.2) is 0 Å². The maximum atomic E-state index is 13.1. The third kappa shape index (κ3) is 3.48. The molecule has 1 heterocycles. The smallest absolute Gasteiger partial charge is 0.255 e. The first-order valence-corrected chi connectivity index (χ1v) is 8.63. The monoisotopic (exact) mass is 371 g/mol. The van der Waals surface area contributed by atoms with Gasteiger partial charge in [-0.15, -0.1) is 0 Å². The number of nitrogens with one attached hydrogen (secondary N) is 1. The SMILES string of the molecule is Cc1nn(-c2ccc(F)cc2)c(C)c1C(=O)NC(C)c1ccccc1Cl. The second kappa shape index (κ2) is 7.30. The average molecular weight is 372 g/mol. The Hall–Kier alpha value is -2.66. The highest BCUT2D eigenvalue weighted by molar-refractivity contribution is 6.31. The quantitative estimate of drug-likeness (QED) is 0.717. The molecule has 4 nitrogen and oxygen atoms in total. The van der Waals surface area contributed by atoms with Crippen molar-refractivity contribution in [2.24, 2.45) is 0 Å². The van der Waals surface area contributed by atoms with Crippen molar-refractivity contribution in [2.75, 3.05) is 0 Å². The van der Waals surface area contributed by atoms with E-state index in [1.54, 1.807) is 29.8 Å².